The highest BCUT2D eigenvalue weighted by Crippen LogP contribution is 2.41. The van der Waals surface area contributed by atoms with Crippen LogP contribution in [0.1, 0.15) is 11.3 Å². The van der Waals surface area contributed by atoms with Crippen LogP contribution in [0.4, 0.5) is 0 Å². The number of para-hydroxylation sites is 1. The van der Waals surface area contributed by atoms with Crippen LogP contribution in [0, 0.1) is 0 Å². The van der Waals surface area contributed by atoms with Crippen molar-refractivity contribution in [1.29, 1.82) is 0 Å². The molecule has 0 amide bonds. The molecule has 1 aromatic heterocycles. The van der Waals surface area contributed by atoms with E-state index in [4.69, 9.17) is 4.42 Å². The highest BCUT2D eigenvalue weighted by Gasteiger charge is 2.15. The summed E-state index contributed by atoms with van der Waals surface area (Å²) in [6.07, 6.45) is 4.07. The van der Waals surface area contributed by atoms with Crippen LogP contribution in [0.15, 0.2) is 126 Å². The van der Waals surface area contributed by atoms with E-state index in [2.05, 4.69) is 104 Å². The van der Waals surface area contributed by atoms with Crippen LogP contribution < -0.4 is 0 Å². The van der Waals surface area contributed by atoms with Crippen molar-refractivity contribution >= 4 is 44.2 Å². The summed E-state index contributed by atoms with van der Waals surface area (Å²) in [5.74, 6) is 0.826. The van der Waals surface area contributed by atoms with E-state index < -0.39 is 0 Å². The molecule has 0 aliphatic rings. The molecule has 0 N–H and O–H groups in total. The van der Waals surface area contributed by atoms with Crippen LogP contribution in [0.25, 0.3) is 55.3 Å². The largest absolute Gasteiger partial charge is 0.457 e. The van der Waals surface area contributed by atoms with Gasteiger partial charge in [0.25, 0.3) is 0 Å². The Balaban J connectivity index is 1.56. The van der Waals surface area contributed by atoms with Crippen LogP contribution in [-0.2, 0) is 0 Å². The van der Waals surface area contributed by atoms with E-state index in [-0.39, 0.29) is 0 Å². The maximum absolute atomic E-state index is 5.98. The summed E-state index contributed by atoms with van der Waals surface area (Å²) in [5, 5.41) is 5.97. The summed E-state index contributed by atoms with van der Waals surface area (Å²) >= 11 is 0. The fourth-order valence-corrected chi connectivity index (χ4v) is 4.74. The fraction of sp³-hybridized carbons (Fsp3) is 0. The third-order valence-electron chi connectivity index (χ3n) is 6.21. The molecule has 5 aromatic carbocycles. The van der Waals surface area contributed by atoms with Gasteiger partial charge in [-0.3, -0.25) is 0 Å². The molecule has 156 valence electrons. The number of rotatable bonds is 4. The molecule has 0 saturated carbocycles. The van der Waals surface area contributed by atoms with E-state index in [9.17, 15) is 0 Å². The Morgan fingerprint density at radius 3 is 1.88 bits per heavy atom. The van der Waals surface area contributed by atoms with Gasteiger partial charge in [0.05, 0.1) is 0 Å². The molecule has 0 fully saturated rings. The Morgan fingerprint density at radius 2 is 1.21 bits per heavy atom. The zero-order chi connectivity index (χ0) is 22.2. The van der Waals surface area contributed by atoms with Gasteiger partial charge < -0.3 is 4.42 Å². The summed E-state index contributed by atoms with van der Waals surface area (Å²) in [7, 11) is 0. The zero-order valence-corrected chi connectivity index (χ0v) is 18.2. The van der Waals surface area contributed by atoms with E-state index in [1.165, 1.54) is 32.7 Å². The van der Waals surface area contributed by atoms with Crippen molar-refractivity contribution in [2.75, 3.05) is 0 Å². The standard InChI is InChI=1S/C32H22O/c1-22(19-20-25-21-24-13-5-10-18-30(24)33-25)31-26-14-6-8-16-28(26)32(23-11-3-2-4-12-23)29-17-9-7-15-27(29)31/h2-21H,1H2/b20-19-. The SMILES string of the molecule is C=C(/C=C\c1cc2ccccc2o1)c1c2ccccc2c(-c2ccccc2)c2ccccc12. The van der Waals surface area contributed by atoms with Gasteiger partial charge in [-0.05, 0) is 62.0 Å². The summed E-state index contributed by atoms with van der Waals surface area (Å²) in [5.41, 5.74) is 5.50. The Bertz CT molecular complexity index is 1580. The summed E-state index contributed by atoms with van der Waals surface area (Å²) in [4.78, 5) is 0. The zero-order valence-electron chi connectivity index (χ0n) is 18.2. The van der Waals surface area contributed by atoms with Crippen LogP contribution in [-0.4, -0.2) is 0 Å². The first-order chi connectivity index (χ1) is 16.3. The first-order valence-corrected chi connectivity index (χ1v) is 11.1. The van der Waals surface area contributed by atoms with Crippen molar-refractivity contribution in [3.63, 3.8) is 0 Å². The van der Waals surface area contributed by atoms with Crippen molar-refractivity contribution in [1.82, 2.24) is 0 Å². The maximum Gasteiger partial charge on any atom is 0.134 e. The molecule has 1 heteroatoms. The lowest BCUT2D eigenvalue weighted by atomic mass is 9.86. The van der Waals surface area contributed by atoms with Crippen LogP contribution in [0.2, 0.25) is 0 Å². The van der Waals surface area contributed by atoms with E-state index >= 15 is 0 Å². The van der Waals surface area contributed by atoms with Crippen LogP contribution >= 0.6 is 0 Å². The van der Waals surface area contributed by atoms with Gasteiger partial charge >= 0.3 is 0 Å². The van der Waals surface area contributed by atoms with Crippen molar-refractivity contribution in [3.05, 3.63) is 133 Å². The first kappa shape index (κ1) is 19.3. The molecule has 0 unspecified atom stereocenters. The monoisotopic (exact) mass is 422 g/mol. The average molecular weight is 423 g/mol. The third-order valence-corrected chi connectivity index (χ3v) is 6.21. The molecule has 6 rings (SSSR count). The lowest BCUT2D eigenvalue weighted by Gasteiger charge is -2.17. The lowest BCUT2D eigenvalue weighted by molar-refractivity contribution is 0.604. The first-order valence-electron chi connectivity index (χ1n) is 11.1. The number of allylic oxidation sites excluding steroid dienone is 2. The molecule has 0 bridgehead atoms. The van der Waals surface area contributed by atoms with Crippen molar-refractivity contribution in [3.8, 4) is 11.1 Å². The van der Waals surface area contributed by atoms with Gasteiger partial charge in [-0.2, -0.15) is 0 Å². The predicted molar refractivity (Wildman–Crippen MR) is 141 cm³/mol. The van der Waals surface area contributed by atoms with Gasteiger partial charge in [0, 0.05) is 5.39 Å². The molecule has 1 heterocycles. The second kappa shape index (κ2) is 7.96. The molecule has 0 saturated heterocycles. The minimum Gasteiger partial charge on any atom is -0.457 e. The molecule has 1 nitrogen and oxygen atoms in total. The highest BCUT2D eigenvalue weighted by atomic mass is 16.3. The number of furan rings is 1. The van der Waals surface area contributed by atoms with Crippen molar-refractivity contribution < 1.29 is 4.42 Å². The highest BCUT2D eigenvalue weighted by molar-refractivity contribution is 6.19. The van der Waals surface area contributed by atoms with E-state index in [0.29, 0.717) is 0 Å². The van der Waals surface area contributed by atoms with E-state index in [0.717, 1.165) is 27.9 Å². The molecule has 0 aliphatic carbocycles. The van der Waals surface area contributed by atoms with Gasteiger partial charge in [0.1, 0.15) is 11.3 Å². The topological polar surface area (TPSA) is 13.1 Å². The fourth-order valence-electron chi connectivity index (χ4n) is 4.74. The maximum atomic E-state index is 5.98. The Labute approximate surface area is 192 Å². The normalized spacial score (nSPS) is 11.6. The Morgan fingerprint density at radius 1 is 0.636 bits per heavy atom. The smallest absolute Gasteiger partial charge is 0.134 e. The number of hydrogen-bond donors (Lipinski definition) is 0. The predicted octanol–water partition coefficient (Wildman–Crippen LogP) is 9.13. The summed E-state index contributed by atoms with van der Waals surface area (Å²) in [6, 6.07) is 38.0. The lowest BCUT2D eigenvalue weighted by Crippen LogP contribution is -1.92. The molecule has 0 aliphatic heterocycles. The van der Waals surface area contributed by atoms with Crippen molar-refractivity contribution in [2.45, 2.75) is 0 Å². The molecular weight excluding hydrogens is 400 g/mol. The minimum atomic E-state index is 0.826. The van der Waals surface area contributed by atoms with Gasteiger partial charge in [0.2, 0.25) is 0 Å². The minimum absolute atomic E-state index is 0.826. The quantitative estimate of drug-likeness (QED) is 0.204. The summed E-state index contributed by atoms with van der Waals surface area (Å²) in [6.45, 7) is 4.47. The Kier molecular flexibility index (Phi) is 4.66. The second-order valence-corrected chi connectivity index (χ2v) is 8.25. The summed E-state index contributed by atoms with van der Waals surface area (Å²) < 4.78 is 5.98. The van der Waals surface area contributed by atoms with E-state index in [1.807, 2.05) is 24.3 Å². The number of hydrogen-bond acceptors (Lipinski definition) is 1. The van der Waals surface area contributed by atoms with E-state index in [1.54, 1.807) is 0 Å². The average Bonchev–Trinajstić information content (AvgIpc) is 3.29. The van der Waals surface area contributed by atoms with Gasteiger partial charge in [-0.15, -0.1) is 0 Å². The van der Waals surface area contributed by atoms with Crippen molar-refractivity contribution in [2.24, 2.45) is 0 Å². The molecule has 0 atom stereocenters. The van der Waals surface area contributed by atoms with Gasteiger partial charge in [0.15, 0.2) is 0 Å². The van der Waals surface area contributed by atoms with Crippen LogP contribution in [0.5, 0.6) is 0 Å². The molecule has 33 heavy (non-hydrogen) atoms. The van der Waals surface area contributed by atoms with Crippen LogP contribution in [0.3, 0.4) is 0 Å². The molecule has 0 radical (unpaired) electrons. The number of fused-ring (bicyclic) bond motifs is 3. The second-order valence-electron chi connectivity index (χ2n) is 8.25. The number of benzene rings is 5. The van der Waals surface area contributed by atoms with Gasteiger partial charge in [-0.25, -0.2) is 0 Å². The molecular formula is C32H22O. The molecule has 6 aromatic rings. The molecule has 0 spiro atoms. The van der Waals surface area contributed by atoms with Gasteiger partial charge in [-0.1, -0.05) is 110 Å². The Hall–Kier alpha value is -4.36. The third kappa shape index (κ3) is 3.35.